The molecule has 0 aromatic carbocycles. The summed E-state index contributed by atoms with van der Waals surface area (Å²) in [5.74, 6) is 0.503. The molecule has 76 valence electrons. The van der Waals surface area contributed by atoms with Crippen LogP contribution in [0.2, 0.25) is 0 Å². The largest absolute Gasteiger partial charge is 0.481 e. The van der Waals surface area contributed by atoms with Crippen LogP contribution in [0.25, 0.3) is 0 Å². The Bertz CT molecular complexity index is 342. The number of nitrogens with zero attached hydrogens (tertiary/aromatic N) is 2. The van der Waals surface area contributed by atoms with Gasteiger partial charge < -0.3 is 9.47 Å². The number of hydrogen-bond donors (Lipinski definition) is 0. The third kappa shape index (κ3) is 2.23. The van der Waals surface area contributed by atoms with E-state index in [2.05, 4.69) is 32.5 Å². The third-order valence-electron chi connectivity index (χ3n) is 1.62. The van der Waals surface area contributed by atoms with Gasteiger partial charge in [0.1, 0.15) is 4.60 Å². The summed E-state index contributed by atoms with van der Waals surface area (Å²) in [6, 6.07) is 0.279. The standard InChI is InChI=1S/C9H11BrN2O2/c1-4-5-6-7(10)11-9(14-3)12-8(6)13-2/h4H,1,5H2,2-3H3. The summed E-state index contributed by atoms with van der Waals surface area (Å²) < 4.78 is 10.7. The fourth-order valence-corrected chi connectivity index (χ4v) is 1.48. The first-order valence-electron chi connectivity index (χ1n) is 3.98. The molecule has 14 heavy (non-hydrogen) atoms. The van der Waals surface area contributed by atoms with Crippen molar-refractivity contribution < 1.29 is 9.47 Å². The Kier molecular flexibility index (Phi) is 3.88. The van der Waals surface area contributed by atoms with E-state index in [4.69, 9.17) is 9.47 Å². The molecule has 1 rings (SSSR count). The first kappa shape index (κ1) is 11.0. The van der Waals surface area contributed by atoms with E-state index >= 15 is 0 Å². The summed E-state index contributed by atoms with van der Waals surface area (Å²) in [6.45, 7) is 3.65. The highest BCUT2D eigenvalue weighted by Crippen LogP contribution is 2.26. The van der Waals surface area contributed by atoms with E-state index in [1.807, 2.05) is 0 Å². The maximum absolute atomic E-state index is 5.11. The van der Waals surface area contributed by atoms with Crippen molar-refractivity contribution in [3.63, 3.8) is 0 Å². The van der Waals surface area contributed by atoms with E-state index in [-0.39, 0.29) is 6.01 Å². The zero-order chi connectivity index (χ0) is 10.6. The van der Waals surface area contributed by atoms with E-state index < -0.39 is 0 Å². The van der Waals surface area contributed by atoms with Gasteiger partial charge in [0.05, 0.1) is 19.8 Å². The van der Waals surface area contributed by atoms with Crippen LogP contribution in [0, 0.1) is 0 Å². The predicted molar refractivity (Wildman–Crippen MR) is 56.7 cm³/mol. The van der Waals surface area contributed by atoms with Crippen LogP contribution in [0.3, 0.4) is 0 Å². The quantitative estimate of drug-likeness (QED) is 0.612. The van der Waals surface area contributed by atoms with E-state index in [0.29, 0.717) is 16.9 Å². The summed E-state index contributed by atoms with van der Waals surface area (Å²) in [4.78, 5) is 8.13. The van der Waals surface area contributed by atoms with Crippen LogP contribution < -0.4 is 9.47 Å². The lowest BCUT2D eigenvalue weighted by Gasteiger charge is -2.08. The minimum atomic E-state index is 0.279. The van der Waals surface area contributed by atoms with E-state index in [1.165, 1.54) is 7.11 Å². The molecule has 0 unspecified atom stereocenters. The van der Waals surface area contributed by atoms with E-state index in [9.17, 15) is 0 Å². The van der Waals surface area contributed by atoms with Crippen molar-refractivity contribution in [2.75, 3.05) is 14.2 Å². The number of methoxy groups -OCH3 is 2. The molecule has 1 aromatic rings. The van der Waals surface area contributed by atoms with Gasteiger partial charge in [0.15, 0.2) is 0 Å². The fraction of sp³-hybridized carbons (Fsp3) is 0.333. The minimum Gasteiger partial charge on any atom is -0.481 e. The molecule has 0 aliphatic heterocycles. The summed E-state index contributed by atoms with van der Waals surface area (Å²) in [7, 11) is 3.06. The van der Waals surface area contributed by atoms with Crippen molar-refractivity contribution in [3.05, 3.63) is 22.8 Å². The average Bonchev–Trinajstić information content (AvgIpc) is 2.20. The summed E-state index contributed by atoms with van der Waals surface area (Å²) in [5, 5.41) is 0. The monoisotopic (exact) mass is 258 g/mol. The number of halogens is 1. The molecule has 0 fully saturated rings. The van der Waals surface area contributed by atoms with Gasteiger partial charge in [-0.2, -0.15) is 9.97 Å². The second-order valence-corrected chi connectivity index (χ2v) is 3.23. The van der Waals surface area contributed by atoms with Crippen molar-refractivity contribution in [1.29, 1.82) is 0 Å². The van der Waals surface area contributed by atoms with Crippen LogP contribution in [0.1, 0.15) is 5.56 Å². The maximum Gasteiger partial charge on any atom is 0.320 e. The van der Waals surface area contributed by atoms with Crippen molar-refractivity contribution in [3.8, 4) is 11.9 Å². The van der Waals surface area contributed by atoms with Crippen molar-refractivity contribution in [1.82, 2.24) is 9.97 Å². The zero-order valence-electron chi connectivity index (χ0n) is 8.08. The van der Waals surface area contributed by atoms with Gasteiger partial charge >= 0.3 is 6.01 Å². The van der Waals surface area contributed by atoms with Crippen LogP contribution in [-0.2, 0) is 6.42 Å². The average molecular weight is 259 g/mol. The summed E-state index contributed by atoms with van der Waals surface area (Å²) in [5.41, 5.74) is 0.864. The normalized spacial score (nSPS) is 9.64. The first-order valence-corrected chi connectivity index (χ1v) is 4.77. The Morgan fingerprint density at radius 1 is 1.36 bits per heavy atom. The van der Waals surface area contributed by atoms with Crippen LogP contribution in [-0.4, -0.2) is 24.2 Å². The van der Waals surface area contributed by atoms with E-state index in [0.717, 1.165) is 5.56 Å². The molecular weight excluding hydrogens is 248 g/mol. The summed E-state index contributed by atoms with van der Waals surface area (Å²) in [6.07, 6.45) is 2.41. The lowest BCUT2D eigenvalue weighted by atomic mass is 10.2. The van der Waals surface area contributed by atoms with Gasteiger partial charge in [-0.3, -0.25) is 0 Å². The van der Waals surface area contributed by atoms with Gasteiger partial charge in [0.2, 0.25) is 5.88 Å². The smallest absolute Gasteiger partial charge is 0.320 e. The van der Waals surface area contributed by atoms with Crippen molar-refractivity contribution in [2.24, 2.45) is 0 Å². The highest BCUT2D eigenvalue weighted by molar-refractivity contribution is 9.10. The van der Waals surface area contributed by atoms with Gasteiger partial charge in [0, 0.05) is 0 Å². The fourth-order valence-electron chi connectivity index (χ4n) is 0.995. The lowest BCUT2D eigenvalue weighted by Crippen LogP contribution is -2.01. The van der Waals surface area contributed by atoms with Crippen molar-refractivity contribution in [2.45, 2.75) is 6.42 Å². The zero-order valence-corrected chi connectivity index (χ0v) is 9.67. The molecule has 0 atom stereocenters. The third-order valence-corrected chi connectivity index (χ3v) is 2.28. The SMILES string of the molecule is C=CCc1c(Br)nc(OC)nc1OC. The van der Waals surface area contributed by atoms with Gasteiger partial charge in [-0.15, -0.1) is 6.58 Å². The van der Waals surface area contributed by atoms with Gasteiger partial charge in [-0.1, -0.05) is 6.08 Å². The summed E-state index contributed by atoms with van der Waals surface area (Å²) >= 11 is 3.32. The number of aromatic nitrogens is 2. The molecule has 0 aliphatic rings. The second kappa shape index (κ2) is 4.95. The Labute approximate surface area is 91.1 Å². The molecule has 0 saturated heterocycles. The Hall–Kier alpha value is -1.10. The Morgan fingerprint density at radius 2 is 2.07 bits per heavy atom. The number of allylic oxidation sites excluding steroid dienone is 1. The molecule has 1 aromatic heterocycles. The van der Waals surface area contributed by atoms with Crippen LogP contribution in [0.5, 0.6) is 11.9 Å². The highest BCUT2D eigenvalue weighted by Gasteiger charge is 2.12. The minimum absolute atomic E-state index is 0.279. The maximum atomic E-state index is 5.11. The van der Waals surface area contributed by atoms with Gasteiger partial charge in [0.25, 0.3) is 0 Å². The number of rotatable bonds is 4. The first-order chi connectivity index (χ1) is 6.72. The Morgan fingerprint density at radius 3 is 2.57 bits per heavy atom. The second-order valence-electron chi connectivity index (χ2n) is 2.48. The van der Waals surface area contributed by atoms with Gasteiger partial charge in [-0.25, -0.2) is 0 Å². The van der Waals surface area contributed by atoms with E-state index in [1.54, 1.807) is 13.2 Å². The van der Waals surface area contributed by atoms with Crippen molar-refractivity contribution >= 4 is 15.9 Å². The molecule has 5 heteroatoms. The molecule has 0 radical (unpaired) electrons. The lowest BCUT2D eigenvalue weighted by molar-refractivity contribution is 0.348. The number of hydrogen-bond acceptors (Lipinski definition) is 4. The molecule has 0 saturated carbocycles. The molecule has 0 spiro atoms. The number of ether oxygens (including phenoxy) is 2. The molecule has 0 amide bonds. The van der Waals surface area contributed by atoms with Crippen LogP contribution in [0.15, 0.2) is 17.3 Å². The molecular formula is C9H11BrN2O2. The topological polar surface area (TPSA) is 44.2 Å². The highest BCUT2D eigenvalue weighted by atomic mass is 79.9. The molecule has 4 nitrogen and oxygen atoms in total. The van der Waals surface area contributed by atoms with Gasteiger partial charge in [-0.05, 0) is 22.4 Å². The molecule has 0 aliphatic carbocycles. The van der Waals surface area contributed by atoms with Crippen LogP contribution in [0.4, 0.5) is 0 Å². The molecule has 0 bridgehead atoms. The Balaban J connectivity index is 3.19. The molecule has 1 heterocycles. The molecule has 0 N–H and O–H groups in total. The predicted octanol–water partition coefficient (Wildman–Crippen LogP) is 1.98. The van der Waals surface area contributed by atoms with Crippen LogP contribution >= 0.6 is 15.9 Å².